The van der Waals surface area contributed by atoms with Gasteiger partial charge in [-0.2, -0.15) is 4.68 Å². The molecule has 0 bridgehead atoms. The van der Waals surface area contributed by atoms with Gasteiger partial charge in [0.1, 0.15) is 6.54 Å². The summed E-state index contributed by atoms with van der Waals surface area (Å²) in [5, 5.41) is 0.663. The Kier molecular flexibility index (Phi) is 4.32. The average Bonchev–Trinajstić information content (AvgIpc) is 2.26. The van der Waals surface area contributed by atoms with Gasteiger partial charge in [-0.25, -0.2) is 0 Å². The van der Waals surface area contributed by atoms with Crippen LogP contribution >= 0.6 is 11.8 Å². The second kappa shape index (κ2) is 5.54. The van der Waals surface area contributed by atoms with Gasteiger partial charge in [0.05, 0.1) is 0 Å². The van der Waals surface area contributed by atoms with Crippen molar-refractivity contribution in [2.75, 3.05) is 6.54 Å². The molecule has 0 amide bonds. The highest BCUT2D eigenvalue weighted by Gasteiger charge is 2.04. The first-order chi connectivity index (χ1) is 6.74. The zero-order valence-corrected chi connectivity index (χ0v) is 9.13. The average molecular weight is 210 g/mol. The van der Waals surface area contributed by atoms with Crippen LogP contribution in [-0.4, -0.2) is 16.4 Å². The molecule has 0 atom stereocenters. The fourth-order valence-corrected chi connectivity index (χ4v) is 1.77. The van der Waals surface area contributed by atoms with E-state index in [2.05, 4.69) is 12.1 Å². The molecule has 4 N–H and O–H groups in total. The lowest BCUT2D eigenvalue weighted by atomic mass is 10.2. The van der Waals surface area contributed by atoms with Crippen LogP contribution in [0.1, 0.15) is 12.5 Å². The van der Waals surface area contributed by atoms with E-state index < -0.39 is 0 Å². The summed E-state index contributed by atoms with van der Waals surface area (Å²) >= 11 is 1.56. The molecule has 0 aliphatic carbocycles. The maximum absolute atomic E-state index is 5.76. The monoisotopic (exact) mass is 210 g/mol. The number of hydrogen-bond acceptors (Lipinski definition) is 2. The number of rotatable bonds is 3. The van der Waals surface area contributed by atoms with Gasteiger partial charge in [-0.3, -0.25) is 11.6 Å². The van der Waals surface area contributed by atoms with Crippen molar-refractivity contribution >= 4 is 16.9 Å². The predicted molar refractivity (Wildman–Crippen MR) is 61.9 cm³/mol. The number of thioether (sulfide) groups is 1. The largest absolute Gasteiger partial charge is 0.327 e. The molecule has 4 heteroatoms. The molecule has 1 aromatic rings. The molecule has 0 aromatic heterocycles. The molecular weight excluding hydrogens is 194 g/mol. The number of nitrogens with zero attached hydrogens (tertiary/aromatic N) is 1. The minimum atomic E-state index is 0.663. The second-order valence-electron chi connectivity index (χ2n) is 2.90. The van der Waals surface area contributed by atoms with Gasteiger partial charge in [-0.15, -0.1) is 0 Å². The number of benzene rings is 1. The number of amidine groups is 1. The van der Waals surface area contributed by atoms with Crippen molar-refractivity contribution in [1.82, 2.24) is 0 Å². The van der Waals surface area contributed by atoms with Crippen LogP contribution in [0.2, 0.25) is 0 Å². The fraction of sp³-hybridized carbons (Fsp3) is 0.300. The summed E-state index contributed by atoms with van der Waals surface area (Å²) in [5.74, 6) is 6.49. The summed E-state index contributed by atoms with van der Waals surface area (Å²) in [6, 6.07) is 10.2. The first-order valence-electron chi connectivity index (χ1n) is 4.55. The van der Waals surface area contributed by atoms with Gasteiger partial charge in [0, 0.05) is 5.75 Å². The Morgan fingerprint density at radius 1 is 1.36 bits per heavy atom. The molecule has 0 unspecified atom stereocenters. The van der Waals surface area contributed by atoms with E-state index in [0.717, 1.165) is 12.3 Å². The fourth-order valence-electron chi connectivity index (χ4n) is 0.970. The zero-order valence-electron chi connectivity index (χ0n) is 8.31. The zero-order chi connectivity index (χ0) is 10.4. The molecule has 0 heterocycles. The maximum atomic E-state index is 5.76. The third-order valence-electron chi connectivity index (χ3n) is 1.85. The van der Waals surface area contributed by atoms with Gasteiger partial charge in [0.25, 0.3) is 0 Å². The number of hydrogen-bond donors (Lipinski definition) is 2. The minimum Gasteiger partial charge on any atom is -0.280 e. The summed E-state index contributed by atoms with van der Waals surface area (Å²) in [5.41, 5.74) is 7.01. The standard InChI is InChI=1S/C10H15N3S/c1-2-13(12)10(11)14-8-9-6-4-3-5-7-9/h3-7,11H,2,8,12H2,1H3/p+1. The topological polar surface area (TPSA) is 55.0 Å². The van der Waals surface area contributed by atoms with Gasteiger partial charge < -0.3 is 0 Å². The molecule has 1 aromatic carbocycles. The van der Waals surface area contributed by atoms with Crippen molar-refractivity contribution in [3.05, 3.63) is 35.9 Å². The van der Waals surface area contributed by atoms with Crippen LogP contribution in [0, 0.1) is 0 Å². The lowest BCUT2D eigenvalue weighted by Gasteiger charge is -2.00. The van der Waals surface area contributed by atoms with Gasteiger partial charge in [0.2, 0.25) is 0 Å². The number of nitrogens with two attached hydrogens (primary N) is 2. The van der Waals surface area contributed by atoms with Crippen LogP contribution < -0.4 is 11.6 Å². The van der Waals surface area contributed by atoms with Crippen LogP contribution in [0.3, 0.4) is 0 Å². The number of hydrazone groups is 1. The second-order valence-corrected chi connectivity index (χ2v) is 3.89. The Morgan fingerprint density at radius 3 is 2.57 bits per heavy atom. The highest BCUT2D eigenvalue weighted by molar-refractivity contribution is 8.12. The third kappa shape index (κ3) is 3.30. The van der Waals surface area contributed by atoms with Gasteiger partial charge in [0.15, 0.2) is 0 Å². The molecule has 14 heavy (non-hydrogen) atoms. The Bertz CT molecular complexity index is 308. The molecular formula is C10H16N3S+. The summed E-state index contributed by atoms with van der Waals surface area (Å²) in [6.45, 7) is 2.70. The smallest absolute Gasteiger partial charge is 0.280 e. The van der Waals surface area contributed by atoms with Crippen LogP contribution in [0.15, 0.2) is 30.3 Å². The van der Waals surface area contributed by atoms with E-state index in [9.17, 15) is 0 Å². The van der Waals surface area contributed by atoms with E-state index in [4.69, 9.17) is 11.6 Å². The molecule has 0 saturated carbocycles. The van der Waals surface area contributed by atoms with E-state index in [1.54, 1.807) is 16.4 Å². The lowest BCUT2D eigenvalue weighted by Crippen LogP contribution is -2.31. The van der Waals surface area contributed by atoms with Crippen molar-refractivity contribution in [1.29, 1.82) is 0 Å². The van der Waals surface area contributed by atoms with Crippen molar-refractivity contribution < 1.29 is 4.68 Å². The van der Waals surface area contributed by atoms with Crippen LogP contribution in [0.5, 0.6) is 0 Å². The van der Waals surface area contributed by atoms with Crippen LogP contribution in [0.25, 0.3) is 0 Å². The molecule has 0 spiro atoms. The molecule has 1 rings (SSSR count). The number of hydrazine groups is 1. The molecule has 0 fully saturated rings. The molecule has 0 aliphatic heterocycles. The van der Waals surface area contributed by atoms with Crippen molar-refractivity contribution in [2.45, 2.75) is 12.7 Å². The third-order valence-corrected chi connectivity index (χ3v) is 2.86. The van der Waals surface area contributed by atoms with Crippen molar-refractivity contribution in [2.24, 2.45) is 11.6 Å². The highest BCUT2D eigenvalue weighted by atomic mass is 32.2. The summed E-state index contributed by atoms with van der Waals surface area (Å²) in [6.07, 6.45) is 0. The molecule has 76 valence electrons. The van der Waals surface area contributed by atoms with Crippen LogP contribution in [-0.2, 0) is 5.75 Å². The highest BCUT2D eigenvalue weighted by Crippen LogP contribution is 2.10. The van der Waals surface area contributed by atoms with E-state index in [0.29, 0.717) is 5.17 Å². The Labute approximate surface area is 88.8 Å². The van der Waals surface area contributed by atoms with E-state index >= 15 is 0 Å². The molecule has 0 aliphatic rings. The van der Waals surface area contributed by atoms with Gasteiger partial charge in [-0.1, -0.05) is 30.3 Å². The lowest BCUT2D eigenvalue weighted by molar-refractivity contribution is -0.534. The Hall–Kier alpha value is -1.16. The van der Waals surface area contributed by atoms with Crippen LogP contribution in [0.4, 0.5) is 0 Å². The Morgan fingerprint density at radius 2 is 2.00 bits per heavy atom. The van der Waals surface area contributed by atoms with E-state index in [-0.39, 0.29) is 0 Å². The van der Waals surface area contributed by atoms with Gasteiger partial charge >= 0.3 is 5.17 Å². The van der Waals surface area contributed by atoms with Crippen molar-refractivity contribution in [3.8, 4) is 0 Å². The first kappa shape index (κ1) is 10.9. The summed E-state index contributed by atoms with van der Waals surface area (Å²) in [7, 11) is 0. The summed E-state index contributed by atoms with van der Waals surface area (Å²) in [4.78, 5) is 0. The maximum Gasteiger partial charge on any atom is 0.327 e. The normalized spacial score (nSPS) is 12.4. The molecule has 3 nitrogen and oxygen atoms in total. The van der Waals surface area contributed by atoms with Crippen molar-refractivity contribution in [3.63, 3.8) is 0 Å². The SMILES string of the molecule is CC[N+](N)=C(N)SCc1ccccc1. The van der Waals surface area contributed by atoms with E-state index in [1.807, 2.05) is 25.1 Å². The van der Waals surface area contributed by atoms with E-state index in [1.165, 1.54) is 5.56 Å². The quantitative estimate of drug-likeness (QED) is 0.259. The summed E-state index contributed by atoms with van der Waals surface area (Å²) < 4.78 is 1.55. The Balaban J connectivity index is 2.50. The molecule has 0 saturated heterocycles. The van der Waals surface area contributed by atoms with Gasteiger partial charge in [-0.05, 0) is 24.2 Å². The predicted octanol–water partition coefficient (Wildman–Crippen LogP) is 1.14. The minimum absolute atomic E-state index is 0.663. The first-order valence-corrected chi connectivity index (χ1v) is 5.54. The molecule has 0 radical (unpaired) electrons.